The number of rotatable bonds is 4. The Hall–Kier alpha value is -1.16. The molecule has 0 radical (unpaired) electrons. The highest BCUT2D eigenvalue weighted by Gasteiger charge is 2.67. The summed E-state index contributed by atoms with van der Waals surface area (Å²) in [5.74, 6) is 7.42. The van der Waals surface area contributed by atoms with Crippen LogP contribution in [0.3, 0.4) is 0 Å². The normalized spacial score (nSPS) is 32.5. The van der Waals surface area contributed by atoms with Crippen molar-refractivity contribution in [2.75, 3.05) is 13.2 Å². The third-order valence-electron chi connectivity index (χ3n) is 8.45. The second-order valence-corrected chi connectivity index (χ2v) is 16.2. The van der Waals surface area contributed by atoms with E-state index in [9.17, 15) is 5.11 Å². The van der Waals surface area contributed by atoms with Gasteiger partial charge in [-0.2, -0.15) is 0 Å². The molecule has 3 aliphatic rings. The first kappa shape index (κ1) is 24.0. The van der Waals surface area contributed by atoms with Crippen molar-refractivity contribution < 1.29 is 19.0 Å². The summed E-state index contributed by atoms with van der Waals surface area (Å²) in [6, 6.07) is 10.5. The van der Waals surface area contributed by atoms with Crippen molar-refractivity contribution in [1.82, 2.24) is 0 Å². The van der Waals surface area contributed by atoms with Gasteiger partial charge < -0.3 is 19.0 Å². The topological polar surface area (TPSA) is 47.9 Å². The van der Waals surface area contributed by atoms with Crippen molar-refractivity contribution in [3.05, 3.63) is 35.9 Å². The standard InChI is InChI=1S/C27H40O4Si/c1-19-25-22(24(28)15-14-23(25)27(19)29-16-17-30-27)13-12-21(18-20-10-8-7-9-11-20)31-32(5,6)26(2,3)4/h7-11,19,21-25,28H,14-18H2,1-6H3/t19?,21-,22-,23-,24+,25+/m1/s1. The minimum atomic E-state index is -1.99. The minimum Gasteiger partial charge on any atom is -0.403 e. The Kier molecular flexibility index (Phi) is 6.66. The van der Waals surface area contributed by atoms with Crippen molar-refractivity contribution in [1.29, 1.82) is 0 Å². The summed E-state index contributed by atoms with van der Waals surface area (Å²) in [4.78, 5) is 0. The fourth-order valence-electron chi connectivity index (χ4n) is 5.63. The molecule has 0 amide bonds. The fraction of sp³-hybridized carbons (Fsp3) is 0.704. The molecule has 3 fully saturated rings. The first-order valence-corrected chi connectivity index (χ1v) is 15.1. The van der Waals surface area contributed by atoms with Gasteiger partial charge in [-0.05, 0) is 42.5 Å². The van der Waals surface area contributed by atoms with Crippen molar-refractivity contribution in [2.24, 2.45) is 23.7 Å². The van der Waals surface area contributed by atoms with Crippen LogP contribution in [0.15, 0.2) is 30.3 Å². The first-order valence-electron chi connectivity index (χ1n) is 12.2. The maximum atomic E-state index is 10.9. The van der Waals surface area contributed by atoms with Gasteiger partial charge in [0.25, 0.3) is 0 Å². The Labute approximate surface area is 195 Å². The van der Waals surface area contributed by atoms with Crippen molar-refractivity contribution >= 4 is 8.32 Å². The number of fused-ring (bicyclic) bond motifs is 2. The van der Waals surface area contributed by atoms with Crippen LogP contribution >= 0.6 is 0 Å². The van der Waals surface area contributed by atoms with Gasteiger partial charge in [-0.25, -0.2) is 0 Å². The Balaban J connectivity index is 1.57. The molecule has 32 heavy (non-hydrogen) atoms. The van der Waals surface area contributed by atoms with Gasteiger partial charge in [0.15, 0.2) is 14.1 Å². The molecule has 1 heterocycles. The van der Waals surface area contributed by atoms with E-state index in [1.54, 1.807) is 0 Å². The maximum absolute atomic E-state index is 10.9. The van der Waals surface area contributed by atoms with Crippen LogP contribution in [0.5, 0.6) is 0 Å². The molecule has 176 valence electrons. The van der Waals surface area contributed by atoms with Gasteiger partial charge >= 0.3 is 0 Å². The predicted molar refractivity (Wildman–Crippen MR) is 130 cm³/mol. The van der Waals surface area contributed by atoms with Crippen LogP contribution in [0.4, 0.5) is 0 Å². The summed E-state index contributed by atoms with van der Waals surface area (Å²) in [6.07, 6.45) is 1.91. The Bertz CT molecular complexity index is 844. The van der Waals surface area contributed by atoms with Gasteiger partial charge in [0.05, 0.1) is 25.2 Å². The van der Waals surface area contributed by atoms with E-state index < -0.39 is 20.2 Å². The molecule has 4 nitrogen and oxygen atoms in total. The molecule has 1 aromatic rings. The highest BCUT2D eigenvalue weighted by molar-refractivity contribution is 6.74. The molecule has 1 unspecified atom stereocenters. The molecule has 6 atom stereocenters. The van der Waals surface area contributed by atoms with E-state index in [1.807, 2.05) is 6.07 Å². The van der Waals surface area contributed by atoms with E-state index >= 15 is 0 Å². The molecule has 0 aromatic heterocycles. The monoisotopic (exact) mass is 456 g/mol. The van der Waals surface area contributed by atoms with Gasteiger partial charge in [-0.3, -0.25) is 0 Å². The number of ether oxygens (including phenoxy) is 2. The number of hydrogen-bond acceptors (Lipinski definition) is 4. The summed E-state index contributed by atoms with van der Waals surface area (Å²) in [5.41, 5.74) is 1.23. The van der Waals surface area contributed by atoms with Crippen LogP contribution in [-0.2, 0) is 20.3 Å². The van der Waals surface area contributed by atoms with E-state index in [0.717, 1.165) is 19.3 Å². The molecule has 2 aliphatic carbocycles. The summed E-state index contributed by atoms with van der Waals surface area (Å²) >= 11 is 0. The van der Waals surface area contributed by atoms with Crippen molar-refractivity contribution in [2.45, 2.75) is 83.1 Å². The van der Waals surface area contributed by atoms with Gasteiger partial charge in [0.1, 0.15) is 6.10 Å². The number of aliphatic hydroxyl groups is 1. The predicted octanol–water partition coefficient (Wildman–Crippen LogP) is 5.02. The molecule has 4 rings (SSSR count). The lowest BCUT2D eigenvalue weighted by Gasteiger charge is -2.61. The number of aliphatic hydroxyl groups excluding tert-OH is 1. The Morgan fingerprint density at radius 2 is 1.81 bits per heavy atom. The molecule has 1 spiro atoms. The van der Waals surface area contributed by atoms with Gasteiger partial charge in [-0.1, -0.05) is 69.9 Å². The van der Waals surface area contributed by atoms with Gasteiger partial charge in [-0.15, -0.1) is 0 Å². The summed E-state index contributed by atoms with van der Waals surface area (Å²) in [6.45, 7) is 14.9. The van der Waals surface area contributed by atoms with Gasteiger partial charge in [0, 0.05) is 18.3 Å². The summed E-state index contributed by atoms with van der Waals surface area (Å²) in [5, 5.41) is 11.0. The fourth-order valence-corrected chi connectivity index (χ4v) is 6.84. The third kappa shape index (κ3) is 4.33. The highest BCUT2D eigenvalue weighted by Crippen LogP contribution is 2.61. The second kappa shape index (κ2) is 8.89. The van der Waals surface area contributed by atoms with Crippen LogP contribution in [0.25, 0.3) is 0 Å². The largest absolute Gasteiger partial charge is 0.403 e. The van der Waals surface area contributed by atoms with Crippen LogP contribution in [0, 0.1) is 35.5 Å². The smallest absolute Gasteiger partial charge is 0.193 e. The molecule has 1 saturated heterocycles. The van der Waals surface area contributed by atoms with E-state index in [-0.39, 0.29) is 23.0 Å². The first-order chi connectivity index (χ1) is 15.1. The molecule has 1 N–H and O–H groups in total. The van der Waals surface area contributed by atoms with Crippen LogP contribution in [0.2, 0.25) is 18.1 Å². The van der Waals surface area contributed by atoms with Gasteiger partial charge in [0.2, 0.25) is 0 Å². The third-order valence-corrected chi connectivity index (χ3v) is 12.9. The SMILES string of the molecule is CC1[C@H]2[C@H](C#C[C@H](Cc3ccccc3)O[Si](C)(C)C(C)(C)C)[C@@H](O)CC[C@H]2C12OCCO2. The number of benzene rings is 1. The van der Waals surface area contributed by atoms with Crippen molar-refractivity contribution in [3.8, 4) is 11.8 Å². The number of hydrogen-bond donors (Lipinski definition) is 1. The van der Waals surface area contributed by atoms with E-state index in [0.29, 0.717) is 25.0 Å². The Morgan fingerprint density at radius 3 is 2.44 bits per heavy atom. The molecule has 1 aliphatic heterocycles. The zero-order valence-corrected chi connectivity index (χ0v) is 21.6. The lowest BCUT2D eigenvalue weighted by Crippen LogP contribution is -2.67. The zero-order valence-electron chi connectivity index (χ0n) is 20.6. The maximum Gasteiger partial charge on any atom is 0.193 e. The lowest BCUT2D eigenvalue weighted by atomic mass is 9.50. The van der Waals surface area contributed by atoms with Crippen LogP contribution in [0.1, 0.15) is 46.1 Å². The Morgan fingerprint density at radius 1 is 1.16 bits per heavy atom. The van der Waals surface area contributed by atoms with Crippen LogP contribution < -0.4 is 0 Å². The summed E-state index contributed by atoms with van der Waals surface area (Å²) < 4.78 is 18.9. The van der Waals surface area contributed by atoms with E-state index in [4.69, 9.17) is 13.9 Å². The molecule has 2 saturated carbocycles. The van der Waals surface area contributed by atoms with Crippen molar-refractivity contribution in [3.63, 3.8) is 0 Å². The van der Waals surface area contributed by atoms with E-state index in [1.165, 1.54) is 5.56 Å². The molecule has 1 aromatic carbocycles. The second-order valence-electron chi connectivity index (χ2n) is 11.4. The molecule has 5 heteroatoms. The van der Waals surface area contributed by atoms with Crippen LogP contribution in [-0.4, -0.2) is 44.6 Å². The van der Waals surface area contributed by atoms with E-state index in [2.05, 4.69) is 76.9 Å². The highest BCUT2D eigenvalue weighted by atomic mass is 28.4. The molecular formula is C27H40O4Si. The minimum absolute atomic E-state index is 0.0523. The zero-order chi connectivity index (χ0) is 23.1. The average molecular weight is 457 g/mol. The summed E-state index contributed by atoms with van der Waals surface area (Å²) in [7, 11) is -1.99. The quantitative estimate of drug-likeness (QED) is 0.511. The molecular weight excluding hydrogens is 416 g/mol. The lowest BCUT2D eigenvalue weighted by molar-refractivity contribution is -0.334. The molecule has 0 bridgehead atoms. The average Bonchev–Trinajstić information content (AvgIpc) is 3.24.